The zero-order valence-electron chi connectivity index (χ0n) is 14.7. The smallest absolute Gasteiger partial charge is 0.344 e. The number of carbonyl (C=O) groups is 2. The van der Waals surface area contributed by atoms with Crippen molar-refractivity contribution in [2.45, 2.75) is 33.3 Å². The lowest BCUT2D eigenvalue weighted by molar-refractivity contribution is -0.155. The number of carbonyl (C=O) groups excluding carboxylic acids is 2. The minimum atomic E-state index is -0.903. The lowest BCUT2D eigenvalue weighted by Gasteiger charge is -2.14. The monoisotopic (exact) mass is 341 g/mol. The fourth-order valence-corrected chi connectivity index (χ4v) is 2.20. The fourth-order valence-electron chi connectivity index (χ4n) is 2.20. The molecule has 0 aliphatic heterocycles. The second-order valence-electron chi connectivity index (χ2n) is 5.78. The summed E-state index contributed by atoms with van der Waals surface area (Å²) in [6.07, 6.45) is 0.0304. The lowest BCUT2D eigenvalue weighted by Crippen LogP contribution is -2.31. The molecule has 2 aromatic rings. The van der Waals surface area contributed by atoms with Crippen LogP contribution in [0.3, 0.4) is 0 Å². The summed E-state index contributed by atoms with van der Waals surface area (Å²) in [5.41, 5.74) is 2.89. The number of benzene rings is 2. The number of anilines is 1. The van der Waals surface area contributed by atoms with E-state index in [-0.39, 0.29) is 12.5 Å². The van der Waals surface area contributed by atoms with Crippen LogP contribution in [0.5, 0.6) is 5.75 Å². The van der Waals surface area contributed by atoms with Crippen LogP contribution in [0, 0.1) is 6.92 Å². The molecule has 0 unspecified atom stereocenters. The van der Waals surface area contributed by atoms with Gasteiger partial charge in [-0.3, -0.25) is 4.79 Å². The van der Waals surface area contributed by atoms with Gasteiger partial charge in [-0.2, -0.15) is 0 Å². The molecular formula is C20H23NO4. The Bertz CT molecular complexity index is 725. The summed E-state index contributed by atoms with van der Waals surface area (Å²) in [6, 6.07) is 14.9. The molecule has 5 nitrogen and oxygen atoms in total. The molecule has 1 N–H and O–H groups in total. The first-order valence-corrected chi connectivity index (χ1v) is 8.26. The molecule has 0 bridgehead atoms. The zero-order valence-corrected chi connectivity index (χ0v) is 14.7. The maximum absolute atomic E-state index is 12.1. The fraction of sp³-hybridized carbons (Fsp3) is 0.300. The highest BCUT2D eigenvalue weighted by Gasteiger charge is 2.18. The van der Waals surface area contributed by atoms with Crippen molar-refractivity contribution in [3.63, 3.8) is 0 Å². The molecule has 0 radical (unpaired) electrons. The largest absolute Gasteiger partial charge is 0.482 e. The predicted molar refractivity (Wildman–Crippen MR) is 96.7 cm³/mol. The van der Waals surface area contributed by atoms with Crippen molar-refractivity contribution in [1.29, 1.82) is 0 Å². The minimum Gasteiger partial charge on any atom is -0.482 e. The van der Waals surface area contributed by atoms with E-state index < -0.39 is 12.1 Å². The van der Waals surface area contributed by atoms with Crippen LogP contribution >= 0.6 is 0 Å². The molecule has 0 aromatic heterocycles. The van der Waals surface area contributed by atoms with Gasteiger partial charge in [-0.1, -0.05) is 31.2 Å². The predicted octanol–water partition coefficient (Wildman–Crippen LogP) is 3.51. The van der Waals surface area contributed by atoms with E-state index in [2.05, 4.69) is 12.2 Å². The van der Waals surface area contributed by atoms with Gasteiger partial charge in [0.05, 0.1) is 0 Å². The van der Waals surface area contributed by atoms with Crippen LogP contribution in [-0.4, -0.2) is 24.6 Å². The molecular weight excluding hydrogens is 318 g/mol. The summed E-state index contributed by atoms with van der Waals surface area (Å²) < 4.78 is 10.5. The normalized spacial score (nSPS) is 11.5. The minimum absolute atomic E-state index is 0.244. The molecule has 2 aromatic carbocycles. The Kier molecular flexibility index (Phi) is 6.57. The summed E-state index contributed by atoms with van der Waals surface area (Å²) in [5, 5.41) is 2.72. The van der Waals surface area contributed by atoms with Gasteiger partial charge in [0.15, 0.2) is 12.7 Å². The first-order valence-electron chi connectivity index (χ1n) is 8.26. The highest BCUT2D eigenvalue weighted by Crippen LogP contribution is 2.13. The zero-order chi connectivity index (χ0) is 18.2. The van der Waals surface area contributed by atoms with E-state index in [1.807, 2.05) is 49.4 Å². The van der Waals surface area contributed by atoms with Crippen LogP contribution in [0.4, 0.5) is 5.69 Å². The number of hydrogen-bond donors (Lipinski definition) is 1. The molecule has 0 aliphatic rings. The van der Waals surface area contributed by atoms with Crippen molar-refractivity contribution in [2.75, 3.05) is 11.9 Å². The third-order valence-electron chi connectivity index (χ3n) is 3.65. The number of rotatable bonds is 7. The molecule has 5 heteroatoms. The Labute approximate surface area is 148 Å². The number of amides is 1. The molecule has 132 valence electrons. The van der Waals surface area contributed by atoms with Crippen molar-refractivity contribution >= 4 is 17.6 Å². The Morgan fingerprint density at radius 3 is 2.48 bits per heavy atom. The van der Waals surface area contributed by atoms with Gasteiger partial charge in [0, 0.05) is 5.69 Å². The number of aryl methyl sites for hydroxylation is 2. The lowest BCUT2D eigenvalue weighted by atomic mass is 10.1. The molecule has 2 rings (SSSR count). The van der Waals surface area contributed by atoms with E-state index in [0.717, 1.165) is 12.0 Å². The summed E-state index contributed by atoms with van der Waals surface area (Å²) in [6.45, 7) is 5.28. The second-order valence-corrected chi connectivity index (χ2v) is 5.78. The first kappa shape index (κ1) is 18.5. The van der Waals surface area contributed by atoms with Crippen LogP contribution in [0.15, 0.2) is 48.5 Å². The Hall–Kier alpha value is -2.82. The standard InChI is InChI=1S/C20H23NO4/c1-4-16-8-10-17(11-9-16)21-20(23)15(3)25-19(22)13-24-18-7-5-6-14(2)12-18/h5-12,15H,4,13H2,1-3H3,(H,21,23)/t15-/m1/s1. The van der Waals surface area contributed by atoms with E-state index in [9.17, 15) is 9.59 Å². The third-order valence-corrected chi connectivity index (χ3v) is 3.65. The Morgan fingerprint density at radius 1 is 1.12 bits per heavy atom. The van der Waals surface area contributed by atoms with Gasteiger partial charge in [-0.05, 0) is 55.7 Å². The van der Waals surface area contributed by atoms with Gasteiger partial charge in [0.25, 0.3) is 5.91 Å². The number of ether oxygens (including phenoxy) is 2. The third kappa shape index (κ3) is 5.95. The van der Waals surface area contributed by atoms with E-state index in [1.165, 1.54) is 12.5 Å². The van der Waals surface area contributed by atoms with Gasteiger partial charge in [-0.25, -0.2) is 4.79 Å². The summed E-state index contributed by atoms with van der Waals surface area (Å²) in [5.74, 6) is -0.385. The van der Waals surface area contributed by atoms with E-state index in [1.54, 1.807) is 6.07 Å². The van der Waals surface area contributed by atoms with Crippen LogP contribution in [0.1, 0.15) is 25.0 Å². The SMILES string of the molecule is CCc1ccc(NC(=O)[C@@H](C)OC(=O)COc2cccc(C)c2)cc1. The van der Waals surface area contributed by atoms with Crippen LogP contribution in [0.2, 0.25) is 0 Å². The average molecular weight is 341 g/mol. The van der Waals surface area contributed by atoms with Crippen LogP contribution in [0.25, 0.3) is 0 Å². The van der Waals surface area contributed by atoms with Crippen molar-refractivity contribution in [3.05, 3.63) is 59.7 Å². The molecule has 0 heterocycles. The molecule has 0 aliphatic carbocycles. The van der Waals surface area contributed by atoms with E-state index in [0.29, 0.717) is 11.4 Å². The molecule has 1 atom stereocenters. The van der Waals surface area contributed by atoms with Gasteiger partial charge in [0.2, 0.25) is 0 Å². The second kappa shape index (κ2) is 8.87. The van der Waals surface area contributed by atoms with Crippen molar-refractivity contribution in [2.24, 2.45) is 0 Å². The average Bonchev–Trinajstić information content (AvgIpc) is 2.60. The van der Waals surface area contributed by atoms with Gasteiger partial charge >= 0.3 is 5.97 Å². The number of hydrogen-bond acceptors (Lipinski definition) is 4. The quantitative estimate of drug-likeness (QED) is 0.783. The molecule has 25 heavy (non-hydrogen) atoms. The van der Waals surface area contributed by atoms with Crippen molar-refractivity contribution in [1.82, 2.24) is 0 Å². The topological polar surface area (TPSA) is 64.6 Å². The molecule has 1 amide bonds. The highest BCUT2D eigenvalue weighted by molar-refractivity contribution is 5.95. The highest BCUT2D eigenvalue weighted by atomic mass is 16.6. The summed E-state index contributed by atoms with van der Waals surface area (Å²) >= 11 is 0. The van der Waals surface area contributed by atoms with Gasteiger partial charge < -0.3 is 14.8 Å². The van der Waals surface area contributed by atoms with Crippen molar-refractivity contribution < 1.29 is 19.1 Å². The van der Waals surface area contributed by atoms with E-state index in [4.69, 9.17) is 9.47 Å². The molecule has 0 saturated heterocycles. The maximum Gasteiger partial charge on any atom is 0.344 e. The Balaban J connectivity index is 1.80. The van der Waals surface area contributed by atoms with Gasteiger partial charge in [0.1, 0.15) is 5.75 Å². The molecule has 0 spiro atoms. The summed E-state index contributed by atoms with van der Waals surface area (Å²) in [4.78, 5) is 23.9. The first-order chi connectivity index (χ1) is 12.0. The molecule has 0 saturated carbocycles. The Morgan fingerprint density at radius 2 is 1.84 bits per heavy atom. The maximum atomic E-state index is 12.1. The van der Waals surface area contributed by atoms with Crippen LogP contribution < -0.4 is 10.1 Å². The van der Waals surface area contributed by atoms with E-state index >= 15 is 0 Å². The number of nitrogens with one attached hydrogen (secondary N) is 1. The number of esters is 1. The van der Waals surface area contributed by atoms with Crippen molar-refractivity contribution in [3.8, 4) is 5.75 Å². The van der Waals surface area contributed by atoms with Crippen LogP contribution in [-0.2, 0) is 20.7 Å². The molecule has 0 fully saturated rings. The summed E-state index contributed by atoms with van der Waals surface area (Å²) in [7, 11) is 0. The van der Waals surface area contributed by atoms with Gasteiger partial charge in [-0.15, -0.1) is 0 Å².